The van der Waals surface area contributed by atoms with Crippen LogP contribution in [0.4, 0.5) is 4.39 Å². The number of nitrogens with zero attached hydrogens (tertiary/aromatic N) is 2. The first kappa shape index (κ1) is 16.9. The molecule has 0 aromatic heterocycles. The maximum Gasteiger partial charge on any atom is 0.218 e. The van der Waals surface area contributed by atoms with Gasteiger partial charge in [0.25, 0.3) is 0 Å². The van der Waals surface area contributed by atoms with E-state index in [-0.39, 0.29) is 11.6 Å². The van der Waals surface area contributed by atoms with Crippen LogP contribution in [-0.4, -0.2) is 49.8 Å². The maximum absolute atomic E-state index is 12.9. The van der Waals surface area contributed by atoms with Crippen molar-refractivity contribution >= 4 is 10.0 Å². The molecule has 2 heterocycles. The highest BCUT2D eigenvalue weighted by Crippen LogP contribution is 2.23. The zero-order chi connectivity index (χ0) is 16.3. The first-order valence-corrected chi connectivity index (χ1v) is 10.1. The zero-order valence-corrected chi connectivity index (χ0v) is 14.3. The van der Waals surface area contributed by atoms with Gasteiger partial charge in [-0.25, -0.2) is 17.1 Å². The monoisotopic (exact) mass is 340 g/mol. The summed E-state index contributed by atoms with van der Waals surface area (Å²) in [5.41, 5.74) is 0.643. The number of hydrogen-bond donors (Lipinski definition) is 0. The van der Waals surface area contributed by atoms with E-state index in [1.807, 2.05) is 0 Å². The summed E-state index contributed by atoms with van der Waals surface area (Å²) in [6.45, 7) is 3.52. The molecule has 0 amide bonds. The summed E-state index contributed by atoms with van der Waals surface area (Å²) < 4.78 is 39.6. The quantitative estimate of drug-likeness (QED) is 0.846. The van der Waals surface area contributed by atoms with Crippen molar-refractivity contribution in [1.29, 1.82) is 0 Å². The fraction of sp³-hybridized carbons (Fsp3) is 0.647. The number of hydrogen-bond acceptors (Lipinski definition) is 3. The van der Waals surface area contributed by atoms with E-state index in [1.54, 1.807) is 16.4 Å². The molecule has 128 valence electrons. The molecule has 0 bridgehead atoms. The molecule has 0 aliphatic carbocycles. The van der Waals surface area contributed by atoms with Gasteiger partial charge in [-0.1, -0.05) is 18.6 Å². The molecule has 1 aromatic carbocycles. The Balaban J connectivity index is 1.56. The summed E-state index contributed by atoms with van der Waals surface area (Å²) in [4.78, 5) is 2.54. The third-order valence-corrected chi connectivity index (χ3v) is 6.84. The van der Waals surface area contributed by atoms with Crippen molar-refractivity contribution in [1.82, 2.24) is 9.21 Å². The second-order valence-corrected chi connectivity index (χ2v) is 8.58. The lowest BCUT2D eigenvalue weighted by molar-refractivity contribution is 0.118. The van der Waals surface area contributed by atoms with Crippen LogP contribution in [0.15, 0.2) is 24.3 Å². The molecule has 4 nitrogen and oxygen atoms in total. The first-order valence-electron chi connectivity index (χ1n) is 8.51. The number of sulfonamides is 1. The molecule has 0 radical (unpaired) electrons. The summed E-state index contributed by atoms with van der Waals surface area (Å²) in [5.74, 6) is -0.379. The van der Waals surface area contributed by atoms with Crippen LogP contribution >= 0.6 is 0 Å². The smallest absolute Gasteiger partial charge is 0.218 e. The predicted octanol–water partition coefficient (Wildman–Crippen LogP) is 2.61. The number of halogens is 1. The van der Waals surface area contributed by atoms with Gasteiger partial charge in [0.2, 0.25) is 10.0 Å². The summed E-state index contributed by atoms with van der Waals surface area (Å²) in [7, 11) is -3.31. The van der Waals surface area contributed by atoms with Gasteiger partial charge in [-0.05, 0) is 56.5 Å². The molecule has 0 spiro atoms. The van der Waals surface area contributed by atoms with Crippen LogP contribution in [0, 0.1) is 5.82 Å². The maximum atomic E-state index is 12.9. The van der Waals surface area contributed by atoms with E-state index < -0.39 is 10.0 Å². The van der Waals surface area contributed by atoms with Crippen molar-refractivity contribution in [3.63, 3.8) is 0 Å². The Kier molecular flexibility index (Phi) is 5.34. The van der Waals surface area contributed by atoms with Crippen molar-refractivity contribution < 1.29 is 12.8 Å². The average Bonchev–Trinajstić information content (AvgIpc) is 2.58. The Labute approximate surface area is 138 Å². The highest BCUT2D eigenvalue weighted by atomic mass is 32.2. The van der Waals surface area contributed by atoms with Gasteiger partial charge in [0.1, 0.15) is 5.82 Å². The lowest BCUT2D eigenvalue weighted by Gasteiger charge is -2.39. The van der Waals surface area contributed by atoms with E-state index in [0.29, 0.717) is 24.7 Å². The summed E-state index contributed by atoms with van der Waals surface area (Å²) in [6.07, 6.45) is 5.69. The summed E-state index contributed by atoms with van der Waals surface area (Å²) >= 11 is 0. The highest BCUT2D eigenvalue weighted by Gasteiger charge is 2.31. The summed E-state index contributed by atoms with van der Waals surface area (Å²) in [6, 6.07) is 6.26. The van der Waals surface area contributed by atoms with Crippen molar-refractivity contribution in [3.8, 4) is 0 Å². The molecule has 0 saturated carbocycles. The minimum atomic E-state index is -3.31. The molecular weight excluding hydrogens is 315 g/mol. The second kappa shape index (κ2) is 7.28. The van der Waals surface area contributed by atoms with Gasteiger partial charge < -0.3 is 4.90 Å². The molecule has 0 N–H and O–H groups in total. The van der Waals surface area contributed by atoms with Gasteiger partial charge >= 0.3 is 0 Å². The molecule has 2 saturated heterocycles. The van der Waals surface area contributed by atoms with Gasteiger partial charge in [0.15, 0.2) is 0 Å². The Hall–Kier alpha value is -0.980. The highest BCUT2D eigenvalue weighted by molar-refractivity contribution is 7.88. The van der Waals surface area contributed by atoms with Crippen LogP contribution < -0.4 is 0 Å². The summed E-state index contributed by atoms with van der Waals surface area (Å²) in [5, 5.41) is 0. The van der Waals surface area contributed by atoms with E-state index in [9.17, 15) is 12.8 Å². The molecule has 3 rings (SSSR count). The van der Waals surface area contributed by atoms with Gasteiger partial charge in [-0.3, -0.25) is 0 Å². The zero-order valence-electron chi connectivity index (χ0n) is 13.5. The first-order chi connectivity index (χ1) is 11.0. The Bertz CT molecular complexity index is 604. The Morgan fingerprint density at radius 1 is 0.957 bits per heavy atom. The minimum absolute atomic E-state index is 0.0400. The third-order valence-electron chi connectivity index (χ3n) is 4.99. The average molecular weight is 340 g/mol. The SMILES string of the molecule is O=S(=O)(Cc1ccc(F)cc1)N1CCC(N2CCCCC2)CC1. The van der Waals surface area contributed by atoms with Crippen molar-refractivity contribution in [3.05, 3.63) is 35.6 Å². The molecule has 23 heavy (non-hydrogen) atoms. The van der Waals surface area contributed by atoms with Crippen LogP contribution in [-0.2, 0) is 15.8 Å². The fourth-order valence-electron chi connectivity index (χ4n) is 3.65. The van der Waals surface area contributed by atoms with Gasteiger partial charge in [0.05, 0.1) is 5.75 Å². The Morgan fingerprint density at radius 3 is 2.17 bits per heavy atom. The van der Waals surface area contributed by atoms with E-state index in [0.717, 1.165) is 25.9 Å². The van der Waals surface area contributed by atoms with E-state index in [2.05, 4.69) is 4.90 Å². The molecular formula is C17H25FN2O2S. The second-order valence-electron chi connectivity index (χ2n) is 6.61. The van der Waals surface area contributed by atoms with Crippen LogP contribution in [0.1, 0.15) is 37.7 Å². The van der Waals surface area contributed by atoms with E-state index >= 15 is 0 Å². The normalized spacial score (nSPS) is 22.3. The lowest BCUT2D eigenvalue weighted by atomic mass is 10.0. The number of rotatable bonds is 4. The predicted molar refractivity (Wildman–Crippen MR) is 89.0 cm³/mol. The van der Waals surface area contributed by atoms with Crippen LogP contribution in [0.25, 0.3) is 0 Å². The Morgan fingerprint density at radius 2 is 1.57 bits per heavy atom. The molecule has 1 aromatic rings. The van der Waals surface area contributed by atoms with Crippen LogP contribution in [0.5, 0.6) is 0 Å². The lowest BCUT2D eigenvalue weighted by Crippen LogP contribution is -2.48. The molecule has 2 fully saturated rings. The molecule has 6 heteroatoms. The van der Waals surface area contributed by atoms with Crippen molar-refractivity contribution in [2.75, 3.05) is 26.2 Å². The topological polar surface area (TPSA) is 40.6 Å². The van der Waals surface area contributed by atoms with Crippen LogP contribution in [0.3, 0.4) is 0 Å². The number of piperidine rings is 2. The minimum Gasteiger partial charge on any atom is -0.300 e. The van der Waals surface area contributed by atoms with Gasteiger partial charge in [-0.15, -0.1) is 0 Å². The fourth-order valence-corrected chi connectivity index (χ4v) is 5.21. The number of likely N-dealkylation sites (tertiary alicyclic amines) is 1. The van der Waals surface area contributed by atoms with E-state index in [4.69, 9.17) is 0 Å². The largest absolute Gasteiger partial charge is 0.300 e. The molecule has 0 atom stereocenters. The van der Waals surface area contributed by atoms with Crippen molar-refractivity contribution in [2.24, 2.45) is 0 Å². The number of benzene rings is 1. The van der Waals surface area contributed by atoms with E-state index in [1.165, 1.54) is 31.4 Å². The third kappa shape index (κ3) is 4.31. The molecule has 0 unspecified atom stereocenters. The van der Waals surface area contributed by atoms with Gasteiger partial charge in [-0.2, -0.15) is 0 Å². The van der Waals surface area contributed by atoms with Crippen LogP contribution in [0.2, 0.25) is 0 Å². The molecule has 2 aliphatic heterocycles. The van der Waals surface area contributed by atoms with Crippen molar-refractivity contribution in [2.45, 2.75) is 43.9 Å². The van der Waals surface area contributed by atoms with Gasteiger partial charge in [0, 0.05) is 19.1 Å². The molecule has 2 aliphatic rings. The standard InChI is InChI=1S/C17H25FN2O2S/c18-16-6-4-15(5-7-16)14-23(21,22)20-12-8-17(9-13-20)19-10-2-1-3-11-19/h4-7,17H,1-3,8-14H2.